The number of hydrogen-bond donors (Lipinski definition) is 3. The molecular weight excluding hydrogens is 358 g/mol. The van der Waals surface area contributed by atoms with Crippen LogP contribution in [-0.2, 0) is 5.60 Å². The number of aliphatic hydroxyl groups is 1. The minimum atomic E-state index is -1.15. The normalized spacial score (nSPS) is 14.4. The lowest BCUT2D eigenvalue weighted by molar-refractivity contribution is 0.0707. The van der Waals surface area contributed by atoms with Crippen molar-refractivity contribution < 1.29 is 9.84 Å². The summed E-state index contributed by atoms with van der Waals surface area (Å²) in [4.78, 5) is 12.6. The molecule has 0 aromatic carbocycles. The van der Waals surface area contributed by atoms with E-state index in [-0.39, 0.29) is 5.95 Å². The van der Waals surface area contributed by atoms with E-state index in [0.29, 0.717) is 28.3 Å². The van der Waals surface area contributed by atoms with E-state index in [1.807, 2.05) is 0 Å². The second kappa shape index (κ2) is 8.49. The number of nitrogens with two attached hydrogens (primary N) is 1. The van der Waals surface area contributed by atoms with Crippen molar-refractivity contribution in [3.63, 3.8) is 0 Å². The van der Waals surface area contributed by atoms with Crippen molar-refractivity contribution >= 4 is 11.6 Å². The largest absolute Gasteiger partial charge is 0.493 e. The number of nitrogens with one attached hydrogen (secondary N) is 1. The maximum absolute atomic E-state index is 10.3. The fraction of sp³-hybridized carbons (Fsp3) is 0.474. The van der Waals surface area contributed by atoms with Crippen LogP contribution in [0.4, 0.5) is 5.95 Å². The number of hydrogen-bond acceptors (Lipinski definition) is 8. The van der Waals surface area contributed by atoms with Crippen molar-refractivity contribution in [3.8, 4) is 17.0 Å². The molecular formula is C19H27N7O2. The van der Waals surface area contributed by atoms with Gasteiger partial charge in [0.05, 0.1) is 30.8 Å². The van der Waals surface area contributed by atoms with Gasteiger partial charge in [-0.3, -0.25) is 0 Å². The highest BCUT2D eigenvalue weighted by molar-refractivity contribution is 5.75. The number of aromatic nitrogens is 5. The molecule has 4 rings (SSSR count). The van der Waals surface area contributed by atoms with Gasteiger partial charge < -0.3 is 20.9 Å². The third-order valence-corrected chi connectivity index (χ3v) is 4.42. The van der Waals surface area contributed by atoms with Crippen molar-refractivity contribution in [3.05, 3.63) is 30.4 Å². The maximum atomic E-state index is 10.3. The molecule has 3 aromatic heterocycles. The number of ether oxygens (including phenoxy) is 1. The van der Waals surface area contributed by atoms with E-state index >= 15 is 0 Å². The van der Waals surface area contributed by atoms with E-state index in [9.17, 15) is 5.11 Å². The van der Waals surface area contributed by atoms with Gasteiger partial charge in [0, 0.05) is 6.20 Å². The summed E-state index contributed by atoms with van der Waals surface area (Å²) in [5.74, 6) is 0.630. The van der Waals surface area contributed by atoms with Crippen LogP contribution in [0.1, 0.15) is 38.8 Å². The molecule has 1 saturated heterocycles. The number of anilines is 1. The standard InChI is InChI=1S/C14H16N6O2.C5H11N/c1-14(2,21)11-10(22-3)7-20-12(19-11)8(6-17-20)9-4-5-16-13(15)18-9;1-2-4-6-5-3-1/h4-7,21H,1-3H3,(H2,15,16,18);6H,1-5H2. The van der Waals surface area contributed by atoms with Crippen LogP contribution in [0.3, 0.4) is 0 Å². The first kappa shape index (κ1) is 20.0. The van der Waals surface area contributed by atoms with Crippen molar-refractivity contribution in [1.29, 1.82) is 0 Å². The summed E-state index contributed by atoms with van der Waals surface area (Å²) < 4.78 is 6.86. The molecule has 0 atom stereocenters. The average molecular weight is 385 g/mol. The van der Waals surface area contributed by atoms with Gasteiger partial charge >= 0.3 is 0 Å². The molecule has 0 spiro atoms. The summed E-state index contributed by atoms with van der Waals surface area (Å²) in [7, 11) is 1.52. The van der Waals surface area contributed by atoms with E-state index in [0.717, 1.165) is 0 Å². The summed E-state index contributed by atoms with van der Waals surface area (Å²) in [6.07, 6.45) is 9.09. The first-order chi connectivity index (χ1) is 13.4. The molecule has 0 amide bonds. The van der Waals surface area contributed by atoms with E-state index in [4.69, 9.17) is 10.5 Å². The minimum Gasteiger partial charge on any atom is -0.493 e. The van der Waals surface area contributed by atoms with Gasteiger partial charge in [0.15, 0.2) is 11.4 Å². The predicted molar refractivity (Wildman–Crippen MR) is 107 cm³/mol. The third kappa shape index (κ3) is 4.55. The molecule has 3 aromatic rings. The zero-order valence-electron chi connectivity index (χ0n) is 16.5. The predicted octanol–water partition coefficient (Wildman–Crippen LogP) is 1.76. The van der Waals surface area contributed by atoms with Crippen LogP contribution < -0.4 is 15.8 Å². The highest BCUT2D eigenvalue weighted by atomic mass is 16.5. The second-order valence-electron chi connectivity index (χ2n) is 7.15. The van der Waals surface area contributed by atoms with Gasteiger partial charge in [-0.05, 0) is 45.8 Å². The number of nitrogen functional groups attached to an aromatic ring is 1. The van der Waals surface area contributed by atoms with E-state index < -0.39 is 5.60 Å². The zero-order chi connectivity index (χ0) is 20.1. The lowest BCUT2D eigenvalue weighted by atomic mass is 10.0. The Morgan fingerprint density at radius 3 is 2.50 bits per heavy atom. The smallest absolute Gasteiger partial charge is 0.220 e. The van der Waals surface area contributed by atoms with Crippen LogP contribution >= 0.6 is 0 Å². The van der Waals surface area contributed by atoms with Crippen LogP contribution in [0.2, 0.25) is 0 Å². The van der Waals surface area contributed by atoms with Crippen LogP contribution in [0.25, 0.3) is 16.9 Å². The van der Waals surface area contributed by atoms with Gasteiger partial charge in [0.2, 0.25) is 5.95 Å². The Hall–Kier alpha value is -2.78. The summed E-state index contributed by atoms with van der Waals surface area (Å²) in [5, 5.41) is 17.8. The molecule has 28 heavy (non-hydrogen) atoms. The van der Waals surface area contributed by atoms with Crippen molar-refractivity contribution in [2.45, 2.75) is 38.7 Å². The van der Waals surface area contributed by atoms with Gasteiger partial charge in [-0.15, -0.1) is 0 Å². The molecule has 0 bridgehead atoms. The Bertz CT molecular complexity index is 918. The first-order valence-electron chi connectivity index (χ1n) is 9.35. The Morgan fingerprint density at radius 1 is 1.21 bits per heavy atom. The van der Waals surface area contributed by atoms with Gasteiger partial charge in [-0.25, -0.2) is 19.5 Å². The quantitative estimate of drug-likeness (QED) is 0.623. The number of methoxy groups -OCH3 is 1. The molecule has 1 aliphatic rings. The fourth-order valence-electron chi connectivity index (χ4n) is 2.99. The number of piperidine rings is 1. The van der Waals surface area contributed by atoms with Crippen molar-refractivity contribution in [1.82, 2.24) is 29.9 Å². The van der Waals surface area contributed by atoms with Crippen LogP contribution in [0, 0.1) is 0 Å². The van der Waals surface area contributed by atoms with Crippen LogP contribution in [0.15, 0.2) is 24.7 Å². The van der Waals surface area contributed by atoms with Crippen LogP contribution in [0.5, 0.6) is 5.75 Å². The molecule has 0 unspecified atom stereocenters. The number of fused-ring (bicyclic) bond motifs is 1. The van der Waals surface area contributed by atoms with Crippen molar-refractivity contribution in [2.75, 3.05) is 25.9 Å². The molecule has 150 valence electrons. The zero-order valence-corrected chi connectivity index (χ0v) is 16.5. The van der Waals surface area contributed by atoms with Gasteiger partial charge in [0.1, 0.15) is 11.3 Å². The Balaban J connectivity index is 0.000000320. The summed E-state index contributed by atoms with van der Waals surface area (Å²) in [6.45, 7) is 5.79. The molecule has 9 heteroatoms. The summed E-state index contributed by atoms with van der Waals surface area (Å²) >= 11 is 0. The highest BCUT2D eigenvalue weighted by Gasteiger charge is 2.25. The van der Waals surface area contributed by atoms with E-state index in [1.165, 1.54) is 39.5 Å². The van der Waals surface area contributed by atoms with Gasteiger partial charge in [-0.1, -0.05) is 6.42 Å². The van der Waals surface area contributed by atoms with Crippen LogP contribution in [-0.4, -0.2) is 49.9 Å². The van der Waals surface area contributed by atoms with E-state index in [1.54, 1.807) is 43.0 Å². The SMILES string of the molecule is C1CCNCC1.COc1cn2ncc(-c3ccnc(N)n3)c2nc1C(C)(C)O. The number of nitrogens with zero attached hydrogens (tertiary/aromatic N) is 5. The Labute approximate surface area is 164 Å². The molecule has 1 fully saturated rings. The number of rotatable bonds is 3. The maximum Gasteiger partial charge on any atom is 0.220 e. The lowest BCUT2D eigenvalue weighted by Crippen LogP contribution is -2.21. The minimum absolute atomic E-state index is 0.174. The molecule has 4 N–H and O–H groups in total. The topological polar surface area (TPSA) is 123 Å². The molecule has 0 radical (unpaired) electrons. The molecule has 0 aliphatic carbocycles. The Kier molecular flexibility index (Phi) is 6.05. The lowest BCUT2D eigenvalue weighted by Gasteiger charge is -2.19. The Morgan fingerprint density at radius 2 is 1.96 bits per heavy atom. The third-order valence-electron chi connectivity index (χ3n) is 4.42. The van der Waals surface area contributed by atoms with Gasteiger partial charge in [0.25, 0.3) is 0 Å². The van der Waals surface area contributed by atoms with Gasteiger partial charge in [-0.2, -0.15) is 5.10 Å². The molecule has 4 heterocycles. The first-order valence-corrected chi connectivity index (χ1v) is 9.35. The summed E-state index contributed by atoms with van der Waals surface area (Å²) in [5.41, 5.74) is 6.75. The molecule has 9 nitrogen and oxygen atoms in total. The average Bonchev–Trinajstić information content (AvgIpc) is 3.11. The molecule has 0 saturated carbocycles. The molecule has 1 aliphatic heterocycles. The monoisotopic (exact) mass is 385 g/mol. The van der Waals surface area contributed by atoms with E-state index in [2.05, 4.69) is 25.4 Å². The summed E-state index contributed by atoms with van der Waals surface area (Å²) in [6, 6.07) is 1.73. The second-order valence-corrected chi connectivity index (χ2v) is 7.15. The fourth-order valence-corrected chi connectivity index (χ4v) is 2.99. The van der Waals surface area contributed by atoms with Crippen molar-refractivity contribution in [2.24, 2.45) is 0 Å². The highest BCUT2D eigenvalue weighted by Crippen LogP contribution is 2.30.